The second-order valence-electron chi connectivity index (χ2n) is 4.12. The van der Waals surface area contributed by atoms with Crippen LogP contribution in [0.15, 0.2) is 0 Å². The molecule has 0 aliphatic rings. The van der Waals surface area contributed by atoms with Crippen LogP contribution in [0.1, 0.15) is 0 Å². The molecule has 0 aromatic carbocycles. The van der Waals surface area contributed by atoms with E-state index in [4.69, 9.17) is 4.89 Å². The van der Waals surface area contributed by atoms with Crippen LogP contribution in [0.2, 0.25) is 0 Å². The summed E-state index contributed by atoms with van der Waals surface area (Å²) in [6.07, 6.45) is -17.9. The average molecular weight is 451 g/mol. The van der Waals surface area contributed by atoms with Crippen molar-refractivity contribution in [3.05, 3.63) is 0 Å². The highest BCUT2D eigenvalue weighted by Gasteiger charge is 2.75. The lowest BCUT2D eigenvalue weighted by atomic mass is 10.3. The Hall–Kier alpha value is -0.410. The maximum absolute atomic E-state index is 13.2. The minimum absolute atomic E-state index is 0.362. The van der Waals surface area contributed by atoms with Gasteiger partial charge in [-0.25, -0.2) is 4.39 Å². The van der Waals surface area contributed by atoms with Crippen molar-refractivity contribution in [1.82, 2.24) is 0 Å². The predicted molar refractivity (Wildman–Crippen MR) is 65.9 cm³/mol. The van der Waals surface area contributed by atoms with Gasteiger partial charge in [0.25, 0.3) is 6.36 Å². The molecular formula is C9H10F10O5PS+. The molecule has 0 heterocycles. The van der Waals surface area contributed by atoms with Crippen LogP contribution in [0.5, 0.6) is 0 Å². The van der Waals surface area contributed by atoms with E-state index >= 15 is 0 Å². The quantitative estimate of drug-likeness (QED) is 0.274. The van der Waals surface area contributed by atoms with Crippen molar-refractivity contribution in [2.45, 2.75) is 29.8 Å². The molecular weight excluding hydrogens is 441 g/mol. The summed E-state index contributed by atoms with van der Waals surface area (Å²) in [6.45, 7) is -1.37. The van der Waals surface area contributed by atoms with Gasteiger partial charge < -0.3 is 4.74 Å². The Morgan fingerprint density at radius 3 is 1.96 bits per heavy atom. The second kappa shape index (κ2) is 9.68. The highest BCUT2D eigenvalue weighted by atomic mass is 32.2. The Kier molecular flexibility index (Phi) is 9.53. The highest BCUT2D eigenvalue weighted by Crippen LogP contribution is 2.49. The first-order chi connectivity index (χ1) is 11.5. The monoisotopic (exact) mass is 451 g/mol. The summed E-state index contributed by atoms with van der Waals surface area (Å²) in [6, 6.07) is 0. The van der Waals surface area contributed by atoms with Crippen LogP contribution >= 0.6 is 20.0 Å². The molecule has 0 radical (unpaired) electrons. The Morgan fingerprint density at radius 2 is 1.50 bits per heavy atom. The summed E-state index contributed by atoms with van der Waals surface area (Å²) in [7, 11) is -2.92. The fraction of sp³-hybridized carbons (Fsp3) is 1.00. The lowest BCUT2D eigenvalue weighted by molar-refractivity contribution is -0.446. The van der Waals surface area contributed by atoms with E-state index in [1.165, 1.54) is 0 Å². The smallest absolute Gasteiger partial charge is 0.378 e. The Morgan fingerprint density at radius 1 is 0.962 bits per heavy atom. The van der Waals surface area contributed by atoms with Crippen LogP contribution < -0.4 is 0 Å². The molecule has 5 nitrogen and oxygen atoms in total. The molecule has 0 aromatic rings. The second-order valence-corrected chi connectivity index (χ2v) is 6.09. The van der Waals surface area contributed by atoms with Gasteiger partial charge in [0, 0.05) is 10.3 Å². The summed E-state index contributed by atoms with van der Waals surface area (Å²) in [5.41, 5.74) is 0. The number of hydrogen-bond donors (Lipinski definition) is 1. The fourth-order valence-electron chi connectivity index (χ4n) is 1.02. The van der Waals surface area contributed by atoms with Crippen molar-refractivity contribution in [3.8, 4) is 0 Å². The topological polar surface area (TPSA) is 65.0 Å². The summed E-state index contributed by atoms with van der Waals surface area (Å²) < 4.78 is 146. The van der Waals surface area contributed by atoms with Gasteiger partial charge in [-0.1, -0.05) is 11.8 Å². The molecule has 1 N–H and O–H groups in total. The number of hydrogen-bond acceptors (Lipinski definition) is 5. The van der Waals surface area contributed by atoms with Crippen LogP contribution in [0.3, 0.4) is 0 Å². The summed E-state index contributed by atoms with van der Waals surface area (Å²) in [4.78, 5) is 8.21. The third-order valence-corrected chi connectivity index (χ3v) is 3.53. The number of alkyl halides is 10. The third kappa shape index (κ3) is 7.68. The zero-order valence-corrected chi connectivity index (χ0v) is 13.8. The van der Waals surface area contributed by atoms with E-state index in [0.717, 1.165) is 0 Å². The van der Waals surface area contributed by atoms with Crippen molar-refractivity contribution >= 4 is 20.0 Å². The zero-order valence-electron chi connectivity index (χ0n) is 12.1. The molecule has 17 heteroatoms. The van der Waals surface area contributed by atoms with E-state index < -0.39 is 68.8 Å². The fourth-order valence-corrected chi connectivity index (χ4v) is 1.90. The molecule has 156 valence electrons. The number of thioether (sulfide) groups is 1. The van der Waals surface area contributed by atoms with Gasteiger partial charge in [-0.05, 0) is 0 Å². The molecule has 0 spiro atoms. The molecule has 0 aliphatic carbocycles. The SMILES string of the molecule is O=[P+](O)OCCOCCSC(F)(F)C(F)OC(F)(F)C(F)(F)C(F)(F)F. The Labute approximate surface area is 143 Å². The molecule has 0 aliphatic heterocycles. The van der Waals surface area contributed by atoms with Gasteiger partial charge in [-0.3, -0.25) is 4.74 Å². The summed E-state index contributed by atoms with van der Waals surface area (Å²) >= 11 is -0.756. The molecule has 2 atom stereocenters. The molecule has 0 bridgehead atoms. The molecule has 0 amide bonds. The zero-order chi connectivity index (χ0) is 20.8. The van der Waals surface area contributed by atoms with E-state index in [1.807, 2.05) is 0 Å². The van der Waals surface area contributed by atoms with Crippen LogP contribution in [-0.4, -0.2) is 60.3 Å². The van der Waals surface area contributed by atoms with Crippen molar-refractivity contribution in [2.75, 3.05) is 25.6 Å². The maximum Gasteiger partial charge on any atom is 0.694 e. The number of halogens is 10. The van der Waals surface area contributed by atoms with Crippen molar-refractivity contribution in [2.24, 2.45) is 0 Å². The van der Waals surface area contributed by atoms with Crippen LogP contribution in [0.4, 0.5) is 43.9 Å². The lowest BCUT2D eigenvalue weighted by Gasteiger charge is -2.30. The lowest BCUT2D eigenvalue weighted by Crippen LogP contribution is -2.55. The van der Waals surface area contributed by atoms with Crippen molar-refractivity contribution in [1.29, 1.82) is 0 Å². The molecule has 0 saturated heterocycles. The van der Waals surface area contributed by atoms with Crippen molar-refractivity contribution < 1.29 is 67.4 Å². The summed E-state index contributed by atoms with van der Waals surface area (Å²) in [5.74, 6) is -7.72. The Balaban J connectivity index is 4.50. The average Bonchev–Trinajstić information content (AvgIpc) is 2.43. The summed E-state index contributed by atoms with van der Waals surface area (Å²) in [5, 5.41) is -4.90. The maximum atomic E-state index is 13.2. The van der Waals surface area contributed by atoms with Crippen LogP contribution in [0, 0.1) is 0 Å². The minimum atomic E-state index is -6.90. The molecule has 26 heavy (non-hydrogen) atoms. The third-order valence-electron chi connectivity index (χ3n) is 2.19. The molecule has 0 fully saturated rings. The predicted octanol–water partition coefficient (Wildman–Crippen LogP) is 4.10. The Bertz CT molecular complexity index is 463. The normalized spacial score (nSPS) is 15.9. The molecule has 0 saturated carbocycles. The van der Waals surface area contributed by atoms with E-state index in [0.29, 0.717) is 0 Å². The molecule has 0 aromatic heterocycles. The van der Waals surface area contributed by atoms with Gasteiger partial charge in [-0.15, -0.1) is 9.42 Å². The van der Waals surface area contributed by atoms with E-state index in [-0.39, 0.29) is 6.61 Å². The standard InChI is InChI=1S/C9H9F10O5PS/c10-5(24-9(18,19)7(13,14)8(15,16)17)6(11,12)26-4-3-22-1-2-23-25(20)21/h5H,1-4H2/p+1. The number of ether oxygens (including phenoxy) is 2. The van der Waals surface area contributed by atoms with Gasteiger partial charge in [0.15, 0.2) is 0 Å². The van der Waals surface area contributed by atoms with Crippen LogP contribution in [0.25, 0.3) is 0 Å². The van der Waals surface area contributed by atoms with E-state index in [1.54, 1.807) is 0 Å². The van der Waals surface area contributed by atoms with Gasteiger partial charge >= 0.3 is 31.7 Å². The molecule has 0 rings (SSSR count). The van der Waals surface area contributed by atoms with Gasteiger partial charge in [0.2, 0.25) is 0 Å². The van der Waals surface area contributed by atoms with Crippen molar-refractivity contribution in [3.63, 3.8) is 0 Å². The molecule has 2 unspecified atom stereocenters. The first-order valence-electron chi connectivity index (χ1n) is 6.07. The first kappa shape index (κ1) is 25.6. The minimum Gasteiger partial charge on any atom is -0.378 e. The van der Waals surface area contributed by atoms with E-state index in [2.05, 4.69) is 14.0 Å². The highest BCUT2D eigenvalue weighted by molar-refractivity contribution is 8.00. The van der Waals surface area contributed by atoms with Gasteiger partial charge in [0.1, 0.15) is 6.61 Å². The van der Waals surface area contributed by atoms with Gasteiger partial charge in [-0.2, -0.15) is 39.5 Å². The van der Waals surface area contributed by atoms with Gasteiger partial charge in [0.05, 0.1) is 13.2 Å². The van der Waals surface area contributed by atoms with E-state index in [9.17, 15) is 48.5 Å². The first-order valence-corrected chi connectivity index (χ1v) is 8.19. The largest absolute Gasteiger partial charge is 0.694 e. The number of rotatable bonds is 12. The van der Waals surface area contributed by atoms with Crippen LogP contribution in [-0.2, 0) is 18.6 Å².